The molecule has 3 aromatic rings. The zero-order valence-electron chi connectivity index (χ0n) is 15.7. The normalized spacial score (nSPS) is 16.6. The number of anilines is 1. The Morgan fingerprint density at radius 1 is 1.00 bits per heavy atom. The fourth-order valence-electron chi connectivity index (χ4n) is 3.64. The molecule has 1 aliphatic heterocycles. The molecular formula is C22H24N4OS. The molecule has 1 amide bonds. The summed E-state index contributed by atoms with van der Waals surface area (Å²) < 4.78 is 0. The van der Waals surface area contributed by atoms with Crippen LogP contribution in [-0.2, 0) is 11.3 Å². The number of aromatic nitrogens is 1. The summed E-state index contributed by atoms with van der Waals surface area (Å²) in [6.45, 7) is 4.57. The second-order valence-electron chi connectivity index (χ2n) is 6.94. The van der Waals surface area contributed by atoms with Gasteiger partial charge in [-0.15, -0.1) is 11.3 Å². The summed E-state index contributed by atoms with van der Waals surface area (Å²) >= 11 is 1.44. The first kappa shape index (κ1) is 18.8. The minimum atomic E-state index is -0.302. The third-order valence-electron chi connectivity index (χ3n) is 5.05. The lowest BCUT2D eigenvalue weighted by atomic mass is 10.0. The monoisotopic (exact) mass is 392 g/mol. The number of amides is 1. The Kier molecular flexibility index (Phi) is 6.11. The Labute approximate surface area is 169 Å². The standard InChI is InChI=1S/C22H24N4OS/c27-21(24-22-23-11-16-28-22)20(19-9-5-2-6-10-19)26-14-12-25(13-15-26)17-18-7-3-1-4-8-18/h1-11,16,20H,12-15,17H2,(H,23,24,27)/t20-/m1/s1. The van der Waals surface area contributed by atoms with Gasteiger partial charge in [-0.3, -0.25) is 14.6 Å². The van der Waals surface area contributed by atoms with Crippen LogP contribution >= 0.6 is 11.3 Å². The number of nitrogens with zero attached hydrogens (tertiary/aromatic N) is 3. The van der Waals surface area contributed by atoms with Crippen LogP contribution in [0.15, 0.2) is 72.2 Å². The van der Waals surface area contributed by atoms with Gasteiger partial charge in [0, 0.05) is 44.3 Å². The van der Waals surface area contributed by atoms with Crippen molar-refractivity contribution in [1.82, 2.24) is 14.8 Å². The molecule has 144 valence electrons. The molecule has 0 aliphatic carbocycles. The molecular weight excluding hydrogens is 368 g/mol. The Morgan fingerprint density at radius 2 is 1.68 bits per heavy atom. The number of carbonyl (C=O) groups is 1. The number of piperazine rings is 1. The summed E-state index contributed by atoms with van der Waals surface area (Å²) in [6.07, 6.45) is 1.71. The van der Waals surface area contributed by atoms with Crippen LogP contribution in [0.4, 0.5) is 5.13 Å². The van der Waals surface area contributed by atoms with Crippen molar-refractivity contribution in [3.05, 3.63) is 83.4 Å². The molecule has 1 atom stereocenters. The van der Waals surface area contributed by atoms with Gasteiger partial charge in [0.25, 0.3) is 0 Å². The molecule has 0 radical (unpaired) electrons. The highest BCUT2D eigenvalue weighted by molar-refractivity contribution is 7.13. The number of hydrogen-bond donors (Lipinski definition) is 1. The number of nitrogens with one attached hydrogen (secondary N) is 1. The van der Waals surface area contributed by atoms with Crippen LogP contribution in [0.3, 0.4) is 0 Å². The highest BCUT2D eigenvalue weighted by Crippen LogP contribution is 2.25. The molecule has 28 heavy (non-hydrogen) atoms. The lowest BCUT2D eigenvalue weighted by molar-refractivity contribution is -0.122. The molecule has 1 saturated heterocycles. The Balaban J connectivity index is 1.44. The predicted molar refractivity (Wildman–Crippen MR) is 113 cm³/mol. The molecule has 6 heteroatoms. The van der Waals surface area contributed by atoms with E-state index in [-0.39, 0.29) is 11.9 Å². The molecule has 0 saturated carbocycles. The van der Waals surface area contributed by atoms with Gasteiger partial charge in [-0.25, -0.2) is 4.98 Å². The van der Waals surface area contributed by atoms with Gasteiger partial charge in [-0.2, -0.15) is 0 Å². The maximum Gasteiger partial charge on any atom is 0.248 e. The summed E-state index contributed by atoms with van der Waals surface area (Å²) in [7, 11) is 0. The van der Waals surface area contributed by atoms with Crippen LogP contribution in [0, 0.1) is 0 Å². The van der Waals surface area contributed by atoms with E-state index >= 15 is 0 Å². The maximum atomic E-state index is 13.1. The molecule has 1 fully saturated rings. The van der Waals surface area contributed by atoms with Crippen molar-refractivity contribution >= 4 is 22.4 Å². The van der Waals surface area contributed by atoms with E-state index < -0.39 is 0 Å². The Morgan fingerprint density at radius 3 is 2.32 bits per heavy atom. The average Bonchev–Trinajstić information content (AvgIpc) is 3.24. The lowest BCUT2D eigenvalue weighted by Gasteiger charge is -2.38. The zero-order valence-corrected chi connectivity index (χ0v) is 16.5. The minimum absolute atomic E-state index is 0.0161. The van der Waals surface area contributed by atoms with Gasteiger partial charge in [0.05, 0.1) is 0 Å². The second-order valence-corrected chi connectivity index (χ2v) is 7.83. The van der Waals surface area contributed by atoms with Crippen molar-refractivity contribution in [3.8, 4) is 0 Å². The van der Waals surface area contributed by atoms with Gasteiger partial charge in [0.1, 0.15) is 6.04 Å². The van der Waals surface area contributed by atoms with E-state index in [1.165, 1.54) is 16.9 Å². The molecule has 5 nitrogen and oxygen atoms in total. The van der Waals surface area contributed by atoms with E-state index in [0.717, 1.165) is 38.3 Å². The van der Waals surface area contributed by atoms with Crippen LogP contribution in [0.25, 0.3) is 0 Å². The minimum Gasteiger partial charge on any atom is -0.300 e. The number of thiazole rings is 1. The van der Waals surface area contributed by atoms with Crippen LogP contribution in [0.1, 0.15) is 17.2 Å². The molecule has 0 spiro atoms. The zero-order chi connectivity index (χ0) is 19.2. The first-order valence-corrected chi connectivity index (χ1v) is 10.4. The van der Waals surface area contributed by atoms with Crippen molar-refractivity contribution in [2.24, 2.45) is 0 Å². The van der Waals surface area contributed by atoms with Gasteiger partial charge in [-0.1, -0.05) is 60.7 Å². The van der Waals surface area contributed by atoms with E-state index in [0.29, 0.717) is 5.13 Å². The number of benzene rings is 2. The molecule has 2 heterocycles. The largest absolute Gasteiger partial charge is 0.300 e. The lowest BCUT2D eigenvalue weighted by Crippen LogP contribution is -2.49. The Bertz CT molecular complexity index is 862. The second kappa shape index (κ2) is 9.10. The number of rotatable bonds is 6. The summed E-state index contributed by atoms with van der Waals surface area (Å²) in [5, 5.41) is 5.50. The molecule has 4 rings (SSSR count). The van der Waals surface area contributed by atoms with Crippen molar-refractivity contribution < 1.29 is 4.79 Å². The van der Waals surface area contributed by atoms with Crippen molar-refractivity contribution in [1.29, 1.82) is 0 Å². The van der Waals surface area contributed by atoms with Crippen molar-refractivity contribution in [2.45, 2.75) is 12.6 Å². The van der Waals surface area contributed by atoms with E-state index in [2.05, 4.69) is 44.4 Å². The fourth-order valence-corrected chi connectivity index (χ4v) is 4.18. The third-order valence-corrected chi connectivity index (χ3v) is 5.74. The van der Waals surface area contributed by atoms with Crippen LogP contribution in [0.5, 0.6) is 0 Å². The third kappa shape index (κ3) is 4.65. The van der Waals surface area contributed by atoms with Gasteiger partial charge >= 0.3 is 0 Å². The van der Waals surface area contributed by atoms with E-state index in [4.69, 9.17) is 0 Å². The molecule has 0 bridgehead atoms. The topological polar surface area (TPSA) is 48.5 Å². The molecule has 1 aromatic heterocycles. The van der Waals surface area contributed by atoms with Gasteiger partial charge < -0.3 is 5.32 Å². The van der Waals surface area contributed by atoms with Crippen molar-refractivity contribution in [3.63, 3.8) is 0 Å². The van der Waals surface area contributed by atoms with Gasteiger partial charge in [0.15, 0.2) is 5.13 Å². The first-order chi connectivity index (χ1) is 13.8. The average molecular weight is 393 g/mol. The molecule has 1 aliphatic rings. The predicted octanol–water partition coefficient (Wildman–Crippen LogP) is 3.64. The van der Waals surface area contributed by atoms with E-state index in [1.54, 1.807) is 6.20 Å². The van der Waals surface area contributed by atoms with Gasteiger partial charge in [-0.05, 0) is 11.1 Å². The van der Waals surface area contributed by atoms with E-state index in [1.807, 2.05) is 41.8 Å². The number of hydrogen-bond acceptors (Lipinski definition) is 5. The van der Waals surface area contributed by atoms with Crippen LogP contribution in [-0.4, -0.2) is 46.9 Å². The number of carbonyl (C=O) groups excluding carboxylic acids is 1. The first-order valence-electron chi connectivity index (χ1n) is 9.55. The maximum absolute atomic E-state index is 13.1. The van der Waals surface area contributed by atoms with E-state index in [9.17, 15) is 4.79 Å². The molecule has 2 aromatic carbocycles. The molecule has 1 N–H and O–H groups in total. The summed E-state index contributed by atoms with van der Waals surface area (Å²) in [6, 6.07) is 20.3. The summed E-state index contributed by atoms with van der Waals surface area (Å²) in [4.78, 5) is 22.0. The Hall–Kier alpha value is -2.54. The van der Waals surface area contributed by atoms with Crippen LogP contribution in [0.2, 0.25) is 0 Å². The highest BCUT2D eigenvalue weighted by atomic mass is 32.1. The SMILES string of the molecule is O=C(Nc1nccs1)[C@@H](c1ccccc1)N1CCN(Cc2ccccc2)CC1. The smallest absolute Gasteiger partial charge is 0.248 e. The molecule has 0 unspecified atom stereocenters. The quantitative estimate of drug-likeness (QED) is 0.696. The van der Waals surface area contributed by atoms with Crippen molar-refractivity contribution in [2.75, 3.05) is 31.5 Å². The summed E-state index contributed by atoms with van der Waals surface area (Å²) in [5.41, 5.74) is 2.35. The highest BCUT2D eigenvalue weighted by Gasteiger charge is 2.30. The fraction of sp³-hybridized carbons (Fsp3) is 0.273. The van der Waals surface area contributed by atoms with Crippen LogP contribution < -0.4 is 5.32 Å². The van der Waals surface area contributed by atoms with Gasteiger partial charge in [0.2, 0.25) is 5.91 Å². The summed E-state index contributed by atoms with van der Waals surface area (Å²) in [5.74, 6) is -0.0161.